The normalized spacial score (nSPS) is 24.9. The number of rotatable bonds is 12. The number of fused-ring (bicyclic) bond motifs is 1. The smallest absolute Gasteiger partial charge is 0.267 e. The molecule has 6 N–H and O–H groups in total. The highest BCUT2D eigenvalue weighted by molar-refractivity contribution is 5.86. The second-order valence-electron chi connectivity index (χ2n) is 9.01. The molecule has 1 aromatic heterocycles. The van der Waals surface area contributed by atoms with Gasteiger partial charge in [-0.3, -0.25) is 4.79 Å². The molecular formula is C27H36FN3O6. The van der Waals surface area contributed by atoms with Gasteiger partial charge in [-0.15, -0.1) is 0 Å². The summed E-state index contributed by atoms with van der Waals surface area (Å²) in [4.78, 5) is 20.3. The molecule has 2 heterocycles. The Bertz CT molecular complexity index is 1110. The Labute approximate surface area is 215 Å². The summed E-state index contributed by atoms with van der Waals surface area (Å²) in [6, 6.07) is 8.32. The Kier molecular flexibility index (Phi) is 11.0. The predicted octanol–water partition coefficient (Wildman–Crippen LogP) is 1.88. The molecule has 1 saturated heterocycles. The fraction of sp³-hybridized carbons (Fsp3) is 0.444. The van der Waals surface area contributed by atoms with Gasteiger partial charge in [-0.1, -0.05) is 48.1 Å². The summed E-state index contributed by atoms with van der Waals surface area (Å²) < 4.78 is 18.7. The minimum Gasteiger partial charge on any atom is -0.394 e. The van der Waals surface area contributed by atoms with E-state index in [2.05, 4.69) is 40.9 Å². The van der Waals surface area contributed by atoms with Crippen LogP contribution in [0, 0.1) is 6.92 Å². The van der Waals surface area contributed by atoms with E-state index in [1.54, 1.807) is 6.08 Å². The first-order valence-electron chi connectivity index (χ1n) is 12.3. The zero-order valence-electron chi connectivity index (χ0n) is 21.1. The minimum atomic E-state index is -1.97. The SMILES string of the molecule is C/C(=C\C=C\CNCCc1c(C)[nH]c2ccccc12)C/C=C/C(=O)NO[C@@H]1O[C@H](CO)[C@H](F)[C@H](O)[C@H]1O. The minimum absolute atomic E-state index is 0.530. The van der Waals surface area contributed by atoms with Gasteiger partial charge in [0.2, 0.25) is 6.29 Å². The Morgan fingerprint density at radius 3 is 2.81 bits per heavy atom. The Morgan fingerprint density at radius 2 is 2.03 bits per heavy atom. The molecule has 2 aromatic rings. The second kappa shape index (κ2) is 14.2. The van der Waals surface area contributed by atoms with E-state index in [-0.39, 0.29) is 0 Å². The maximum Gasteiger partial charge on any atom is 0.267 e. The first-order valence-corrected chi connectivity index (χ1v) is 12.3. The van der Waals surface area contributed by atoms with Crippen molar-refractivity contribution in [2.45, 2.75) is 57.5 Å². The molecule has 5 atom stereocenters. The van der Waals surface area contributed by atoms with Crippen molar-refractivity contribution in [1.82, 2.24) is 15.8 Å². The van der Waals surface area contributed by atoms with E-state index >= 15 is 0 Å². The van der Waals surface area contributed by atoms with Crippen molar-refractivity contribution in [3.63, 3.8) is 0 Å². The van der Waals surface area contributed by atoms with Crippen LogP contribution in [0.4, 0.5) is 4.39 Å². The molecule has 202 valence electrons. The van der Waals surface area contributed by atoms with Gasteiger partial charge >= 0.3 is 0 Å². The number of amides is 1. The van der Waals surface area contributed by atoms with Crippen LogP contribution in [0.2, 0.25) is 0 Å². The lowest BCUT2D eigenvalue weighted by Gasteiger charge is -2.37. The molecule has 0 saturated carbocycles. The highest BCUT2D eigenvalue weighted by Crippen LogP contribution is 2.24. The van der Waals surface area contributed by atoms with Gasteiger partial charge in [0.25, 0.3) is 5.91 Å². The van der Waals surface area contributed by atoms with Crippen molar-refractivity contribution < 1.29 is 34.1 Å². The number of nitrogens with one attached hydrogen (secondary N) is 3. The number of benzene rings is 1. The fourth-order valence-corrected chi connectivity index (χ4v) is 4.06. The maximum atomic E-state index is 13.7. The first kappa shape index (κ1) is 28.7. The molecule has 1 amide bonds. The number of ether oxygens (including phenoxy) is 1. The molecule has 0 spiro atoms. The zero-order chi connectivity index (χ0) is 26.8. The molecule has 0 aliphatic carbocycles. The largest absolute Gasteiger partial charge is 0.394 e. The van der Waals surface area contributed by atoms with Gasteiger partial charge in [0, 0.05) is 29.2 Å². The summed E-state index contributed by atoms with van der Waals surface area (Å²) in [5, 5.41) is 33.3. The average Bonchev–Trinajstić information content (AvgIpc) is 3.21. The monoisotopic (exact) mass is 517 g/mol. The van der Waals surface area contributed by atoms with Crippen molar-refractivity contribution >= 4 is 16.8 Å². The third-order valence-corrected chi connectivity index (χ3v) is 6.14. The summed E-state index contributed by atoms with van der Waals surface area (Å²) in [6.07, 6.45) is 1.95. The number of H-pyrrole nitrogens is 1. The van der Waals surface area contributed by atoms with Gasteiger partial charge in [0.1, 0.15) is 18.3 Å². The topological polar surface area (TPSA) is 136 Å². The van der Waals surface area contributed by atoms with Gasteiger partial charge in [-0.05, 0) is 44.9 Å². The number of halogens is 1. The summed E-state index contributed by atoms with van der Waals surface area (Å²) >= 11 is 0. The van der Waals surface area contributed by atoms with E-state index in [1.807, 2.05) is 31.2 Å². The predicted molar refractivity (Wildman–Crippen MR) is 138 cm³/mol. The van der Waals surface area contributed by atoms with Gasteiger partial charge in [-0.25, -0.2) is 14.7 Å². The lowest BCUT2D eigenvalue weighted by molar-refractivity contribution is -0.303. The highest BCUT2D eigenvalue weighted by atomic mass is 19.1. The van der Waals surface area contributed by atoms with E-state index < -0.39 is 43.3 Å². The Morgan fingerprint density at radius 1 is 1.24 bits per heavy atom. The first-order chi connectivity index (χ1) is 17.8. The number of carbonyl (C=O) groups is 1. The number of allylic oxidation sites excluding steroid dienone is 4. The van der Waals surface area contributed by atoms with Crippen LogP contribution < -0.4 is 10.8 Å². The maximum absolute atomic E-state index is 13.7. The van der Waals surface area contributed by atoms with Crippen LogP contribution in [0.25, 0.3) is 10.9 Å². The zero-order valence-corrected chi connectivity index (χ0v) is 21.1. The molecule has 0 unspecified atom stereocenters. The van der Waals surface area contributed by atoms with Crippen LogP contribution in [0.15, 0.2) is 60.2 Å². The number of hydrogen-bond acceptors (Lipinski definition) is 7. The van der Waals surface area contributed by atoms with Crippen LogP contribution in [0.5, 0.6) is 0 Å². The molecule has 1 aliphatic heterocycles. The number of alkyl halides is 1. The Hall–Kier alpha value is -2.86. The molecule has 9 nitrogen and oxygen atoms in total. The summed E-state index contributed by atoms with van der Waals surface area (Å²) in [7, 11) is 0. The second-order valence-corrected chi connectivity index (χ2v) is 9.01. The summed E-state index contributed by atoms with van der Waals surface area (Å²) in [6.45, 7) is 4.94. The van der Waals surface area contributed by atoms with Gasteiger partial charge < -0.3 is 30.4 Å². The van der Waals surface area contributed by atoms with Crippen molar-refractivity contribution in [3.05, 3.63) is 71.5 Å². The van der Waals surface area contributed by atoms with E-state index in [4.69, 9.17) is 14.7 Å². The highest BCUT2D eigenvalue weighted by Gasteiger charge is 2.45. The van der Waals surface area contributed by atoms with Gasteiger partial charge in [0.15, 0.2) is 6.17 Å². The van der Waals surface area contributed by atoms with Crippen LogP contribution in [0.3, 0.4) is 0 Å². The molecule has 10 heteroatoms. The van der Waals surface area contributed by atoms with Crippen LogP contribution in [-0.4, -0.2) is 76.7 Å². The van der Waals surface area contributed by atoms with Gasteiger partial charge in [0.05, 0.1) is 6.61 Å². The van der Waals surface area contributed by atoms with E-state index in [0.29, 0.717) is 6.42 Å². The molecule has 0 radical (unpaired) electrons. The number of aryl methyl sites for hydroxylation is 1. The van der Waals surface area contributed by atoms with E-state index in [0.717, 1.165) is 25.1 Å². The summed E-state index contributed by atoms with van der Waals surface area (Å²) in [5.74, 6) is -0.619. The standard InChI is InChI=1S/C27H36FN3O6/c1-17(8-5-6-14-29-15-13-19-18(2)30-21-11-4-3-10-20(19)21)9-7-12-23(33)31-37-27-26(35)25(34)24(28)22(16-32)36-27/h3-8,10-12,22,24-27,29-30,32,34-35H,9,13-16H2,1-2H3,(H,31,33)/b6-5+,12-7+,17-8+/t22-,24+,25+,26-,27+/m1/s1. The van der Waals surface area contributed by atoms with Crippen molar-refractivity contribution in [3.8, 4) is 0 Å². The number of para-hydroxylation sites is 1. The number of hydrogen-bond donors (Lipinski definition) is 6. The molecule has 1 aromatic carbocycles. The Balaban J connectivity index is 1.32. The quantitative estimate of drug-likeness (QED) is 0.110. The molecule has 37 heavy (non-hydrogen) atoms. The number of hydroxylamine groups is 1. The molecular weight excluding hydrogens is 481 g/mol. The number of aromatic amines is 1. The average molecular weight is 518 g/mol. The van der Waals surface area contributed by atoms with E-state index in [1.165, 1.54) is 28.2 Å². The number of carbonyl (C=O) groups excluding carboxylic acids is 1. The van der Waals surface area contributed by atoms with Crippen LogP contribution in [0.1, 0.15) is 24.6 Å². The molecule has 3 rings (SSSR count). The summed E-state index contributed by atoms with van der Waals surface area (Å²) in [5.41, 5.74) is 6.80. The number of aliphatic hydroxyl groups excluding tert-OH is 3. The lowest BCUT2D eigenvalue weighted by Crippen LogP contribution is -2.58. The fourth-order valence-electron chi connectivity index (χ4n) is 4.06. The van der Waals surface area contributed by atoms with Crippen LogP contribution >= 0.6 is 0 Å². The lowest BCUT2D eigenvalue weighted by atomic mass is 10.0. The van der Waals surface area contributed by atoms with Crippen molar-refractivity contribution in [1.29, 1.82) is 0 Å². The van der Waals surface area contributed by atoms with Gasteiger partial charge in [-0.2, -0.15) is 0 Å². The van der Waals surface area contributed by atoms with Crippen molar-refractivity contribution in [2.75, 3.05) is 19.7 Å². The third-order valence-electron chi connectivity index (χ3n) is 6.14. The van der Waals surface area contributed by atoms with E-state index in [9.17, 15) is 19.4 Å². The molecule has 1 aliphatic rings. The third kappa shape index (κ3) is 8.06. The number of aromatic nitrogens is 1. The molecule has 0 bridgehead atoms. The number of aliphatic hydroxyl groups is 3. The van der Waals surface area contributed by atoms with Crippen molar-refractivity contribution in [2.24, 2.45) is 0 Å². The van der Waals surface area contributed by atoms with Crippen LogP contribution in [-0.2, 0) is 20.8 Å². The molecule has 1 fully saturated rings.